The van der Waals surface area contributed by atoms with Crippen molar-refractivity contribution < 1.29 is 13.9 Å². The van der Waals surface area contributed by atoms with E-state index in [-0.39, 0.29) is 5.91 Å². The van der Waals surface area contributed by atoms with E-state index in [1.807, 2.05) is 36.4 Å². The Morgan fingerprint density at radius 3 is 2.70 bits per heavy atom. The van der Waals surface area contributed by atoms with Crippen LogP contribution in [0.15, 0.2) is 52.9 Å². The summed E-state index contributed by atoms with van der Waals surface area (Å²) in [5.74, 6) is 1.53. The summed E-state index contributed by atoms with van der Waals surface area (Å²) in [7, 11) is 0. The number of benzene rings is 2. The Balaban J connectivity index is 1.30. The highest BCUT2D eigenvalue weighted by Gasteiger charge is 2.07. The van der Waals surface area contributed by atoms with E-state index in [2.05, 4.69) is 29.4 Å². The molecule has 0 fully saturated rings. The average Bonchev–Trinajstić information content (AvgIpc) is 3.09. The molecule has 0 saturated heterocycles. The first-order valence-electron chi connectivity index (χ1n) is 9.57. The molecule has 1 heterocycles. The molecule has 27 heavy (non-hydrogen) atoms. The number of oxazole rings is 1. The monoisotopic (exact) mass is 366 g/mol. The molecule has 0 spiro atoms. The zero-order valence-electron chi connectivity index (χ0n) is 15.7. The van der Waals surface area contributed by atoms with Crippen LogP contribution in [0.5, 0.6) is 5.75 Å². The van der Waals surface area contributed by atoms with Crippen LogP contribution in [0.2, 0.25) is 0 Å². The molecule has 0 atom stereocenters. The highest BCUT2D eigenvalue weighted by Crippen LogP contribution is 2.16. The van der Waals surface area contributed by atoms with Gasteiger partial charge in [-0.2, -0.15) is 0 Å². The summed E-state index contributed by atoms with van der Waals surface area (Å²) in [6.07, 6.45) is 4.03. The van der Waals surface area contributed by atoms with E-state index in [1.54, 1.807) is 0 Å². The molecule has 3 rings (SSSR count). The van der Waals surface area contributed by atoms with E-state index in [1.165, 1.54) is 5.56 Å². The predicted octanol–water partition coefficient (Wildman–Crippen LogP) is 4.30. The Hall–Kier alpha value is -2.82. The van der Waals surface area contributed by atoms with Crippen molar-refractivity contribution in [3.05, 3.63) is 60.0 Å². The molecule has 1 aromatic heterocycles. The quantitative estimate of drug-likeness (QED) is 0.544. The summed E-state index contributed by atoms with van der Waals surface area (Å²) in [4.78, 5) is 16.3. The van der Waals surface area contributed by atoms with Gasteiger partial charge >= 0.3 is 0 Å². The number of aryl methyl sites for hydroxylation is 2. The lowest BCUT2D eigenvalue weighted by Gasteiger charge is -2.08. The number of hydrogen-bond acceptors (Lipinski definition) is 4. The third kappa shape index (κ3) is 5.84. The first kappa shape index (κ1) is 19.0. The Bertz CT molecular complexity index is 822. The van der Waals surface area contributed by atoms with Gasteiger partial charge in [0, 0.05) is 12.8 Å². The maximum absolute atomic E-state index is 11.9. The lowest BCUT2D eigenvalue weighted by Crippen LogP contribution is -2.27. The predicted molar refractivity (Wildman–Crippen MR) is 106 cm³/mol. The minimum absolute atomic E-state index is 0.0213. The van der Waals surface area contributed by atoms with E-state index >= 15 is 0 Å². The molecule has 0 aliphatic carbocycles. The zero-order valence-corrected chi connectivity index (χ0v) is 15.7. The number of para-hydroxylation sites is 2. The van der Waals surface area contributed by atoms with E-state index < -0.39 is 0 Å². The molecule has 2 aromatic carbocycles. The third-order valence-electron chi connectivity index (χ3n) is 4.29. The second-order valence-electron chi connectivity index (χ2n) is 6.52. The van der Waals surface area contributed by atoms with Gasteiger partial charge in [-0.05, 0) is 42.7 Å². The molecule has 0 aliphatic heterocycles. The topological polar surface area (TPSA) is 64.4 Å². The molecule has 0 aliphatic rings. The first-order valence-corrected chi connectivity index (χ1v) is 9.57. The van der Waals surface area contributed by atoms with Crippen LogP contribution in [0.4, 0.5) is 0 Å². The number of carbonyl (C=O) groups excluding carboxylic acids is 1. The van der Waals surface area contributed by atoms with Gasteiger partial charge in [0.05, 0.1) is 6.54 Å². The molecule has 5 nitrogen and oxygen atoms in total. The molecule has 0 saturated carbocycles. The number of rotatable bonds is 10. The van der Waals surface area contributed by atoms with Crippen molar-refractivity contribution in [2.75, 3.05) is 13.2 Å². The maximum atomic E-state index is 11.9. The summed E-state index contributed by atoms with van der Waals surface area (Å²) in [5.41, 5.74) is 2.96. The van der Waals surface area contributed by atoms with Gasteiger partial charge in [0.1, 0.15) is 17.9 Å². The SMILES string of the molecule is CCCc1ccc(OCCNC(=O)CCCc2nc3ccccc3o2)cc1. The maximum Gasteiger partial charge on any atom is 0.220 e. The number of carbonyl (C=O) groups is 1. The lowest BCUT2D eigenvalue weighted by molar-refractivity contribution is -0.121. The van der Waals surface area contributed by atoms with Crippen LogP contribution in [0.25, 0.3) is 11.1 Å². The zero-order chi connectivity index (χ0) is 18.9. The first-order chi connectivity index (χ1) is 13.2. The summed E-state index contributed by atoms with van der Waals surface area (Å²) in [6.45, 7) is 3.13. The van der Waals surface area contributed by atoms with Gasteiger partial charge in [-0.25, -0.2) is 4.98 Å². The Morgan fingerprint density at radius 1 is 1.11 bits per heavy atom. The summed E-state index contributed by atoms with van der Waals surface area (Å²) in [5, 5.41) is 2.88. The minimum Gasteiger partial charge on any atom is -0.492 e. The van der Waals surface area contributed by atoms with Crippen LogP contribution in [-0.2, 0) is 17.6 Å². The molecule has 0 bridgehead atoms. The van der Waals surface area contributed by atoms with Crippen LogP contribution >= 0.6 is 0 Å². The van der Waals surface area contributed by atoms with Crippen LogP contribution in [0, 0.1) is 0 Å². The smallest absolute Gasteiger partial charge is 0.220 e. The van der Waals surface area contributed by atoms with Crippen molar-refractivity contribution >= 4 is 17.0 Å². The molecule has 0 radical (unpaired) electrons. The number of nitrogens with zero attached hydrogens (tertiary/aromatic N) is 1. The Morgan fingerprint density at radius 2 is 1.93 bits per heavy atom. The highest BCUT2D eigenvalue weighted by atomic mass is 16.5. The molecular formula is C22H26N2O3. The second-order valence-corrected chi connectivity index (χ2v) is 6.52. The van der Waals surface area contributed by atoms with Crippen molar-refractivity contribution in [3.8, 4) is 5.75 Å². The number of amides is 1. The Labute approximate surface area is 159 Å². The van der Waals surface area contributed by atoms with Crippen molar-refractivity contribution in [1.82, 2.24) is 10.3 Å². The fraction of sp³-hybridized carbons (Fsp3) is 0.364. The van der Waals surface area contributed by atoms with Crippen molar-refractivity contribution in [2.24, 2.45) is 0 Å². The van der Waals surface area contributed by atoms with Gasteiger partial charge < -0.3 is 14.5 Å². The molecule has 142 valence electrons. The van der Waals surface area contributed by atoms with Gasteiger partial charge in [-0.1, -0.05) is 37.6 Å². The number of nitrogens with one attached hydrogen (secondary N) is 1. The van der Waals surface area contributed by atoms with Crippen LogP contribution < -0.4 is 10.1 Å². The van der Waals surface area contributed by atoms with E-state index in [9.17, 15) is 4.79 Å². The molecule has 0 unspecified atom stereocenters. The van der Waals surface area contributed by atoms with Crippen molar-refractivity contribution in [1.29, 1.82) is 0 Å². The van der Waals surface area contributed by atoms with Gasteiger partial charge in [0.2, 0.25) is 5.91 Å². The van der Waals surface area contributed by atoms with Crippen LogP contribution in [-0.4, -0.2) is 24.0 Å². The van der Waals surface area contributed by atoms with Crippen molar-refractivity contribution in [3.63, 3.8) is 0 Å². The van der Waals surface area contributed by atoms with E-state index in [4.69, 9.17) is 9.15 Å². The minimum atomic E-state index is 0.0213. The number of hydrogen-bond donors (Lipinski definition) is 1. The standard InChI is InChI=1S/C22H26N2O3/c1-2-6-17-11-13-18(14-12-17)26-16-15-23-21(25)9-5-10-22-24-19-7-3-4-8-20(19)27-22/h3-4,7-8,11-14H,2,5-6,9-10,15-16H2,1H3,(H,23,25). The van der Waals surface area contributed by atoms with Crippen molar-refractivity contribution in [2.45, 2.75) is 39.0 Å². The fourth-order valence-corrected chi connectivity index (χ4v) is 2.92. The number of fused-ring (bicyclic) bond motifs is 1. The largest absolute Gasteiger partial charge is 0.492 e. The Kier molecular flexibility index (Phi) is 6.85. The fourth-order valence-electron chi connectivity index (χ4n) is 2.92. The average molecular weight is 366 g/mol. The van der Waals surface area contributed by atoms with Gasteiger partial charge in [-0.15, -0.1) is 0 Å². The third-order valence-corrected chi connectivity index (χ3v) is 4.29. The molecule has 5 heteroatoms. The highest BCUT2D eigenvalue weighted by molar-refractivity contribution is 5.75. The summed E-state index contributed by atoms with van der Waals surface area (Å²) in [6, 6.07) is 15.8. The number of ether oxygens (including phenoxy) is 1. The molecule has 1 amide bonds. The molecular weight excluding hydrogens is 340 g/mol. The normalized spacial score (nSPS) is 10.9. The van der Waals surface area contributed by atoms with Gasteiger partial charge in [0.25, 0.3) is 0 Å². The molecule has 3 aromatic rings. The lowest BCUT2D eigenvalue weighted by atomic mass is 10.1. The number of aromatic nitrogens is 1. The summed E-state index contributed by atoms with van der Waals surface area (Å²) >= 11 is 0. The van der Waals surface area contributed by atoms with E-state index in [0.29, 0.717) is 38.3 Å². The van der Waals surface area contributed by atoms with E-state index in [0.717, 1.165) is 29.7 Å². The molecule has 1 N–H and O–H groups in total. The summed E-state index contributed by atoms with van der Waals surface area (Å²) < 4.78 is 11.3. The van der Waals surface area contributed by atoms with Gasteiger partial charge in [-0.3, -0.25) is 4.79 Å². The van der Waals surface area contributed by atoms with Crippen LogP contribution in [0.3, 0.4) is 0 Å². The second kappa shape index (κ2) is 9.76. The van der Waals surface area contributed by atoms with Gasteiger partial charge in [0.15, 0.2) is 11.5 Å². The van der Waals surface area contributed by atoms with Crippen LogP contribution in [0.1, 0.15) is 37.6 Å².